The zero-order valence-corrected chi connectivity index (χ0v) is 16.2. The predicted octanol–water partition coefficient (Wildman–Crippen LogP) is 4.15. The molecular formula is C23H20N4O3. The zero-order chi connectivity index (χ0) is 20.5. The van der Waals surface area contributed by atoms with Crippen LogP contribution in [-0.4, -0.2) is 34.0 Å². The van der Waals surface area contributed by atoms with Crippen LogP contribution in [0.1, 0.15) is 24.5 Å². The largest absolute Gasteiger partial charge is 0.423 e. The van der Waals surface area contributed by atoms with Gasteiger partial charge in [0.1, 0.15) is 5.58 Å². The average Bonchev–Trinajstić information content (AvgIpc) is 2.79. The first kappa shape index (κ1) is 18.3. The van der Waals surface area contributed by atoms with E-state index in [-0.39, 0.29) is 11.7 Å². The summed E-state index contributed by atoms with van der Waals surface area (Å²) < 4.78 is 5.13. The number of nitrogens with one attached hydrogen (secondary N) is 1. The molecule has 7 nitrogen and oxygen atoms in total. The minimum absolute atomic E-state index is 0.127. The Bertz CT molecular complexity index is 1290. The van der Waals surface area contributed by atoms with Gasteiger partial charge in [-0.15, -0.1) is 0 Å². The van der Waals surface area contributed by atoms with Gasteiger partial charge in [0, 0.05) is 53.4 Å². The Morgan fingerprint density at radius 2 is 1.87 bits per heavy atom. The first-order valence-electron chi connectivity index (χ1n) is 9.97. The van der Waals surface area contributed by atoms with Crippen LogP contribution in [0.2, 0.25) is 0 Å². The fourth-order valence-electron chi connectivity index (χ4n) is 3.93. The molecule has 1 aliphatic rings. The van der Waals surface area contributed by atoms with E-state index in [2.05, 4.69) is 22.4 Å². The molecule has 3 aromatic heterocycles. The van der Waals surface area contributed by atoms with Crippen molar-refractivity contribution >= 4 is 33.7 Å². The molecule has 7 heteroatoms. The van der Waals surface area contributed by atoms with Gasteiger partial charge in [0.05, 0.1) is 0 Å². The van der Waals surface area contributed by atoms with Crippen LogP contribution in [-0.2, 0) is 0 Å². The normalized spacial score (nSPS) is 14.9. The summed E-state index contributed by atoms with van der Waals surface area (Å²) in [5, 5.41) is 4.74. The van der Waals surface area contributed by atoms with E-state index < -0.39 is 0 Å². The lowest BCUT2D eigenvalue weighted by atomic mass is 9.93. The average molecular weight is 400 g/mol. The second kappa shape index (κ2) is 7.59. The molecule has 0 bridgehead atoms. The summed E-state index contributed by atoms with van der Waals surface area (Å²) in [5.41, 5.74) is 2.59. The topological polar surface area (TPSA) is 88.3 Å². The van der Waals surface area contributed by atoms with E-state index >= 15 is 0 Å². The Hall–Kier alpha value is -3.74. The number of piperidine rings is 1. The van der Waals surface area contributed by atoms with Crippen LogP contribution in [0.5, 0.6) is 0 Å². The SMILES string of the molecule is O=C(Nc1ccc2oc(=O)ccc2c1)N1CCC(c2ccc3cccnc3n2)CC1. The van der Waals surface area contributed by atoms with Gasteiger partial charge in [0.15, 0.2) is 5.65 Å². The maximum atomic E-state index is 12.7. The highest BCUT2D eigenvalue weighted by Crippen LogP contribution is 2.28. The lowest BCUT2D eigenvalue weighted by Crippen LogP contribution is -2.40. The lowest BCUT2D eigenvalue weighted by Gasteiger charge is -2.31. The summed E-state index contributed by atoms with van der Waals surface area (Å²) in [6, 6.07) is 16.2. The third-order valence-corrected chi connectivity index (χ3v) is 5.56. The maximum absolute atomic E-state index is 12.7. The van der Waals surface area contributed by atoms with Crippen molar-refractivity contribution in [3.8, 4) is 0 Å². The molecule has 0 saturated carbocycles. The Morgan fingerprint density at radius 3 is 2.73 bits per heavy atom. The van der Waals surface area contributed by atoms with Gasteiger partial charge in [0.25, 0.3) is 0 Å². The first-order chi connectivity index (χ1) is 14.7. The number of amides is 2. The molecule has 0 unspecified atom stereocenters. The van der Waals surface area contributed by atoms with E-state index in [0.29, 0.717) is 30.3 Å². The second-order valence-corrected chi connectivity index (χ2v) is 7.48. The van der Waals surface area contributed by atoms with Crippen LogP contribution in [0.4, 0.5) is 10.5 Å². The van der Waals surface area contributed by atoms with Crippen molar-refractivity contribution in [1.29, 1.82) is 0 Å². The van der Waals surface area contributed by atoms with Crippen molar-refractivity contribution in [3.63, 3.8) is 0 Å². The van der Waals surface area contributed by atoms with E-state index in [9.17, 15) is 9.59 Å². The van der Waals surface area contributed by atoms with E-state index in [1.807, 2.05) is 17.0 Å². The highest BCUT2D eigenvalue weighted by molar-refractivity contribution is 5.92. The van der Waals surface area contributed by atoms with Crippen molar-refractivity contribution in [2.45, 2.75) is 18.8 Å². The number of carbonyl (C=O) groups is 1. The Labute approximate surface area is 172 Å². The monoisotopic (exact) mass is 400 g/mol. The summed E-state index contributed by atoms with van der Waals surface area (Å²) in [7, 11) is 0. The number of hydrogen-bond donors (Lipinski definition) is 1. The van der Waals surface area contributed by atoms with Gasteiger partial charge < -0.3 is 14.6 Å². The van der Waals surface area contributed by atoms with E-state index in [4.69, 9.17) is 9.40 Å². The van der Waals surface area contributed by atoms with Gasteiger partial charge >= 0.3 is 11.7 Å². The molecule has 0 atom stereocenters. The molecule has 1 fully saturated rings. The van der Waals surface area contributed by atoms with Gasteiger partial charge in [-0.3, -0.25) is 0 Å². The van der Waals surface area contributed by atoms with Crippen LogP contribution in [0.3, 0.4) is 0 Å². The Kier molecular flexibility index (Phi) is 4.63. The van der Waals surface area contributed by atoms with Gasteiger partial charge in [-0.25, -0.2) is 19.6 Å². The number of nitrogens with zero attached hydrogens (tertiary/aromatic N) is 3. The van der Waals surface area contributed by atoms with Crippen molar-refractivity contribution in [2.75, 3.05) is 18.4 Å². The smallest absolute Gasteiger partial charge is 0.336 e. The molecular weight excluding hydrogens is 380 g/mol. The summed E-state index contributed by atoms with van der Waals surface area (Å²) in [6.45, 7) is 1.34. The van der Waals surface area contributed by atoms with E-state index in [1.165, 1.54) is 6.07 Å². The van der Waals surface area contributed by atoms with Gasteiger partial charge in [-0.2, -0.15) is 0 Å². The lowest BCUT2D eigenvalue weighted by molar-refractivity contribution is 0.194. The summed E-state index contributed by atoms with van der Waals surface area (Å²) in [4.78, 5) is 34.9. The molecule has 0 aliphatic carbocycles. The minimum Gasteiger partial charge on any atom is -0.423 e. The number of anilines is 1. The number of fused-ring (bicyclic) bond motifs is 2. The molecule has 1 aliphatic heterocycles. The molecule has 5 rings (SSSR count). The number of hydrogen-bond acceptors (Lipinski definition) is 5. The molecule has 150 valence electrons. The van der Waals surface area contributed by atoms with Crippen LogP contribution < -0.4 is 10.9 Å². The summed E-state index contributed by atoms with van der Waals surface area (Å²) >= 11 is 0. The van der Waals surface area contributed by atoms with Crippen LogP contribution >= 0.6 is 0 Å². The number of pyridine rings is 2. The van der Waals surface area contributed by atoms with Crippen LogP contribution in [0.15, 0.2) is 70.0 Å². The van der Waals surface area contributed by atoms with Crippen molar-refractivity contribution in [1.82, 2.24) is 14.9 Å². The zero-order valence-electron chi connectivity index (χ0n) is 16.2. The molecule has 1 aromatic carbocycles. The predicted molar refractivity (Wildman–Crippen MR) is 115 cm³/mol. The van der Waals surface area contributed by atoms with Gasteiger partial charge in [-0.1, -0.05) is 0 Å². The van der Waals surface area contributed by atoms with Crippen LogP contribution in [0, 0.1) is 0 Å². The molecule has 30 heavy (non-hydrogen) atoms. The standard InChI is InChI=1S/C23H20N4O3/c28-21-8-4-17-14-18(5-7-20(17)30-21)25-23(29)27-12-9-15(10-13-27)19-6-3-16-2-1-11-24-22(16)26-19/h1-8,11,14-15H,9-10,12-13H2,(H,25,29). The molecule has 1 N–H and O–H groups in total. The first-order valence-corrected chi connectivity index (χ1v) is 9.97. The Balaban J connectivity index is 1.24. The molecule has 4 aromatic rings. The number of benzene rings is 1. The quantitative estimate of drug-likeness (QED) is 0.511. The summed E-state index contributed by atoms with van der Waals surface area (Å²) in [5.74, 6) is 0.323. The molecule has 4 heterocycles. The number of aromatic nitrogens is 2. The number of carbonyl (C=O) groups excluding carboxylic acids is 1. The molecule has 0 radical (unpaired) electrons. The Morgan fingerprint density at radius 1 is 1.03 bits per heavy atom. The highest BCUT2D eigenvalue weighted by atomic mass is 16.4. The molecule has 1 saturated heterocycles. The maximum Gasteiger partial charge on any atom is 0.336 e. The fourth-order valence-corrected chi connectivity index (χ4v) is 3.93. The fraction of sp³-hybridized carbons (Fsp3) is 0.217. The third kappa shape index (κ3) is 3.61. The van der Waals surface area contributed by atoms with Crippen molar-refractivity contribution in [3.05, 3.63) is 76.9 Å². The second-order valence-electron chi connectivity index (χ2n) is 7.48. The van der Waals surface area contributed by atoms with Gasteiger partial charge in [0.2, 0.25) is 0 Å². The van der Waals surface area contributed by atoms with E-state index in [1.54, 1.807) is 30.5 Å². The van der Waals surface area contributed by atoms with E-state index in [0.717, 1.165) is 35.0 Å². The van der Waals surface area contributed by atoms with Gasteiger partial charge in [-0.05, 0) is 61.4 Å². The highest BCUT2D eigenvalue weighted by Gasteiger charge is 2.25. The third-order valence-electron chi connectivity index (χ3n) is 5.56. The number of rotatable bonds is 2. The van der Waals surface area contributed by atoms with Crippen molar-refractivity contribution in [2.24, 2.45) is 0 Å². The minimum atomic E-state index is -0.390. The number of likely N-dealkylation sites (tertiary alicyclic amines) is 1. The van der Waals surface area contributed by atoms with Crippen LogP contribution in [0.25, 0.3) is 22.0 Å². The molecule has 2 amide bonds. The molecule has 0 spiro atoms. The summed E-state index contributed by atoms with van der Waals surface area (Å²) in [6.07, 6.45) is 3.48. The number of urea groups is 1. The van der Waals surface area contributed by atoms with Crippen molar-refractivity contribution < 1.29 is 9.21 Å².